The number of benzene rings is 2. The second-order valence-corrected chi connectivity index (χ2v) is 11.4. The van der Waals surface area contributed by atoms with Gasteiger partial charge in [-0.3, -0.25) is 9.98 Å². The van der Waals surface area contributed by atoms with E-state index in [1.54, 1.807) is 12.4 Å². The van der Waals surface area contributed by atoms with E-state index in [1.807, 2.05) is 24.3 Å². The first-order chi connectivity index (χ1) is 13.3. The number of rotatable bonds is 4. The Morgan fingerprint density at radius 2 is 1.11 bits per heavy atom. The highest BCUT2D eigenvalue weighted by Crippen LogP contribution is 2.29. The zero-order chi connectivity index (χ0) is 20.3. The maximum absolute atomic E-state index is 10.3. The molecule has 0 spiro atoms. The topological polar surface area (TPSA) is 65.2 Å². The Morgan fingerprint density at radius 1 is 0.714 bits per heavy atom. The maximum Gasteiger partial charge on any atom is 0.137 e. The van der Waals surface area contributed by atoms with Crippen molar-refractivity contribution in [2.75, 3.05) is 0 Å². The highest BCUT2D eigenvalue weighted by Gasteiger charge is 2.23. The number of halogens is 4. The van der Waals surface area contributed by atoms with Crippen molar-refractivity contribution < 1.29 is 10.2 Å². The van der Waals surface area contributed by atoms with E-state index < -0.39 is 0 Å². The Kier molecular flexibility index (Phi) is 8.66. The number of hydrogen-bond acceptors (Lipinski definition) is 4. The first-order valence-electron chi connectivity index (χ1n) is 8.77. The van der Waals surface area contributed by atoms with Crippen LogP contribution in [0.25, 0.3) is 0 Å². The van der Waals surface area contributed by atoms with Crippen LogP contribution in [0.5, 0.6) is 11.5 Å². The highest BCUT2D eigenvalue weighted by atomic mass is 127. The summed E-state index contributed by atoms with van der Waals surface area (Å²) in [7, 11) is 0. The molecule has 0 unspecified atom stereocenters. The third-order valence-corrected chi connectivity index (χ3v) is 7.51. The number of hydrogen-bond donors (Lipinski definition) is 2. The fourth-order valence-corrected chi connectivity index (χ4v) is 6.94. The van der Waals surface area contributed by atoms with Crippen LogP contribution in [0, 0.1) is 14.3 Å². The van der Waals surface area contributed by atoms with Crippen LogP contribution >= 0.6 is 90.4 Å². The lowest BCUT2D eigenvalue weighted by Gasteiger charge is -2.25. The van der Waals surface area contributed by atoms with Crippen molar-refractivity contribution in [2.24, 2.45) is 9.98 Å². The summed E-state index contributed by atoms with van der Waals surface area (Å²) in [6.07, 6.45) is 7.80. The largest absolute Gasteiger partial charge is 0.506 e. The van der Waals surface area contributed by atoms with Crippen LogP contribution in [-0.2, 0) is 0 Å². The fraction of sp³-hybridized carbons (Fsp3) is 0.300. The predicted molar refractivity (Wildman–Crippen MR) is 148 cm³/mol. The van der Waals surface area contributed by atoms with E-state index >= 15 is 0 Å². The van der Waals surface area contributed by atoms with Gasteiger partial charge in [-0.05, 0) is 127 Å². The Balaban J connectivity index is 1.82. The number of phenols is 2. The van der Waals surface area contributed by atoms with E-state index in [9.17, 15) is 10.2 Å². The van der Waals surface area contributed by atoms with E-state index in [-0.39, 0.29) is 23.6 Å². The minimum Gasteiger partial charge on any atom is -0.506 e. The normalized spacial score (nSPS) is 20.3. The molecule has 3 rings (SSSR count). The molecule has 0 amide bonds. The van der Waals surface area contributed by atoms with Gasteiger partial charge in [0.1, 0.15) is 11.5 Å². The standard InChI is InChI=1S/C20H18I4N2O2/c21-13-5-11(19(27)15(23)7-13)9-25-17-3-1-2-4-18(17)26-10-12-6-14(22)8-16(24)20(12)28/h5-10,17-18,27-28H,1-4H2/t17-,18+. The van der Waals surface area contributed by atoms with Gasteiger partial charge in [-0.15, -0.1) is 0 Å². The second-order valence-electron chi connectivity index (χ2n) is 6.63. The Bertz CT molecular complexity index is 855. The molecule has 4 nitrogen and oxygen atoms in total. The van der Waals surface area contributed by atoms with Gasteiger partial charge < -0.3 is 10.2 Å². The van der Waals surface area contributed by atoms with E-state index in [1.165, 1.54) is 0 Å². The highest BCUT2D eigenvalue weighted by molar-refractivity contribution is 14.1. The van der Waals surface area contributed by atoms with Crippen molar-refractivity contribution in [3.63, 3.8) is 0 Å². The summed E-state index contributed by atoms with van der Waals surface area (Å²) in [5.41, 5.74) is 1.49. The van der Waals surface area contributed by atoms with Gasteiger partial charge in [-0.2, -0.15) is 0 Å². The molecular weight excluding hydrogens is 808 g/mol. The van der Waals surface area contributed by atoms with Gasteiger partial charge in [-0.1, -0.05) is 12.8 Å². The SMILES string of the molecule is Oc1c(I)cc(I)cc1C=N[C@H]1CCCC[C@H]1N=Cc1cc(I)cc(I)c1O. The van der Waals surface area contributed by atoms with Gasteiger partial charge in [0, 0.05) is 30.7 Å². The molecular formula is C20H18I4N2O2. The van der Waals surface area contributed by atoms with Gasteiger partial charge in [0.15, 0.2) is 0 Å². The molecule has 0 aromatic heterocycles. The summed E-state index contributed by atoms with van der Waals surface area (Å²) < 4.78 is 3.80. The number of nitrogens with zero attached hydrogens (tertiary/aromatic N) is 2. The van der Waals surface area contributed by atoms with Crippen LogP contribution in [0.15, 0.2) is 34.3 Å². The molecule has 2 atom stereocenters. The molecule has 8 heteroatoms. The molecule has 2 N–H and O–H groups in total. The van der Waals surface area contributed by atoms with Gasteiger partial charge in [0.05, 0.1) is 19.2 Å². The minimum absolute atomic E-state index is 0.0870. The van der Waals surface area contributed by atoms with Gasteiger partial charge >= 0.3 is 0 Å². The number of phenolic OH excluding ortho intramolecular Hbond substituents is 2. The third kappa shape index (κ3) is 5.93. The van der Waals surface area contributed by atoms with Crippen LogP contribution in [-0.4, -0.2) is 34.7 Å². The molecule has 0 bridgehead atoms. The Hall–Kier alpha value is 0.300. The van der Waals surface area contributed by atoms with Gasteiger partial charge in [-0.25, -0.2) is 0 Å². The van der Waals surface area contributed by atoms with Gasteiger partial charge in [0.2, 0.25) is 0 Å². The lowest BCUT2D eigenvalue weighted by Crippen LogP contribution is -2.27. The molecule has 1 aliphatic rings. The van der Waals surface area contributed by atoms with Crippen LogP contribution in [0.1, 0.15) is 36.8 Å². The van der Waals surface area contributed by atoms with E-state index in [0.29, 0.717) is 0 Å². The van der Waals surface area contributed by atoms with Crippen molar-refractivity contribution in [1.29, 1.82) is 0 Å². The van der Waals surface area contributed by atoms with Crippen LogP contribution in [0.3, 0.4) is 0 Å². The predicted octanol–water partition coefficient (Wildman–Crippen LogP) is 6.37. The monoisotopic (exact) mass is 826 g/mol. The molecule has 28 heavy (non-hydrogen) atoms. The summed E-state index contributed by atoms with van der Waals surface area (Å²) in [5.74, 6) is 0.554. The van der Waals surface area contributed by atoms with Crippen LogP contribution in [0.4, 0.5) is 0 Å². The zero-order valence-electron chi connectivity index (χ0n) is 14.7. The molecule has 1 aliphatic carbocycles. The smallest absolute Gasteiger partial charge is 0.137 e. The van der Waals surface area contributed by atoms with Crippen molar-refractivity contribution in [3.8, 4) is 11.5 Å². The van der Waals surface area contributed by atoms with Crippen molar-refractivity contribution >= 4 is 103 Å². The first kappa shape index (κ1) is 23.0. The zero-order valence-corrected chi connectivity index (χ0v) is 23.4. The van der Waals surface area contributed by atoms with Crippen molar-refractivity contribution in [2.45, 2.75) is 37.8 Å². The number of aromatic hydroxyl groups is 2. The molecule has 2 aromatic rings. The second kappa shape index (κ2) is 10.6. The van der Waals surface area contributed by atoms with Crippen molar-refractivity contribution in [3.05, 3.63) is 49.7 Å². The van der Waals surface area contributed by atoms with E-state index in [2.05, 4.69) is 90.4 Å². The summed E-state index contributed by atoms with van der Waals surface area (Å²) in [6.45, 7) is 0. The lowest BCUT2D eigenvalue weighted by atomic mass is 9.91. The van der Waals surface area contributed by atoms with E-state index in [4.69, 9.17) is 9.98 Å². The lowest BCUT2D eigenvalue weighted by molar-refractivity contribution is 0.390. The summed E-state index contributed by atoms with van der Waals surface area (Å²) >= 11 is 8.77. The third-order valence-electron chi connectivity index (χ3n) is 4.62. The fourth-order valence-electron chi connectivity index (χ4n) is 3.16. The average Bonchev–Trinajstić information content (AvgIpc) is 2.65. The molecule has 0 saturated heterocycles. The molecule has 1 saturated carbocycles. The Morgan fingerprint density at radius 3 is 1.50 bits per heavy atom. The minimum atomic E-state index is 0.0870. The molecule has 0 aliphatic heterocycles. The molecule has 1 fully saturated rings. The molecule has 0 radical (unpaired) electrons. The van der Waals surface area contributed by atoms with Gasteiger partial charge in [0.25, 0.3) is 0 Å². The quantitative estimate of drug-likeness (QED) is 0.279. The summed E-state index contributed by atoms with van der Waals surface area (Å²) in [5, 5.41) is 20.6. The average molecular weight is 826 g/mol. The summed E-state index contributed by atoms with van der Waals surface area (Å²) in [4.78, 5) is 9.55. The molecule has 148 valence electrons. The summed E-state index contributed by atoms with van der Waals surface area (Å²) in [6, 6.07) is 7.93. The number of aliphatic imine (C=N–C) groups is 2. The van der Waals surface area contributed by atoms with Crippen LogP contribution in [0.2, 0.25) is 0 Å². The first-order valence-corrected chi connectivity index (χ1v) is 13.1. The van der Waals surface area contributed by atoms with E-state index in [0.717, 1.165) is 51.1 Å². The maximum atomic E-state index is 10.3. The van der Waals surface area contributed by atoms with Crippen molar-refractivity contribution in [1.82, 2.24) is 0 Å². The Labute approximate surface area is 219 Å². The van der Waals surface area contributed by atoms with Crippen LogP contribution < -0.4 is 0 Å². The molecule has 2 aromatic carbocycles. The molecule has 0 heterocycles.